The highest BCUT2D eigenvalue weighted by atomic mass is 32.1. The fourth-order valence-electron chi connectivity index (χ4n) is 3.76. The van der Waals surface area contributed by atoms with Gasteiger partial charge in [0, 0.05) is 24.2 Å². The number of carbonyl (C=O) groups excluding carboxylic acids is 2. The van der Waals surface area contributed by atoms with E-state index in [-0.39, 0.29) is 16.9 Å². The van der Waals surface area contributed by atoms with Crippen LogP contribution in [0.1, 0.15) is 33.3 Å². The summed E-state index contributed by atoms with van der Waals surface area (Å²) in [6.45, 7) is -0.633. The molecule has 0 spiro atoms. The average molecular weight is 511 g/mol. The normalized spacial score (nSPS) is 14.8. The summed E-state index contributed by atoms with van der Waals surface area (Å²) in [6, 6.07) is 12.1. The highest BCUT2D eigenvalue weighted by Gasteiger charge is 2.34. The monoisotopic (exact) mass is 510 g/mol. The lowest BCUT2D eigenvalue weighted by atomic mass is 10.0. The zero-order valence-corrected chi connectivity index (χ0v) is 20.2. The summed E-state index contributed by atoms with van der Waals surface area (Å²) in [5.41, 5.74) is 6.73. The maximum atomic E-state index is 13.2. The van der Waals surface area contributed by atoms with Gasteiger partial charge in [0.05, 0.1) is 41.3 Å². The van der Waals surface area contributed by atoms with Gasteiger partial charge in [-0.25, -0.2) is 9.80 Å². The van der Waals surface area contributed by atoms with Gasteiger partial charge in [-0.15, -0.1) is 11.3 Å². The minimum Gasteiger partial charge on any atom is -0.493 e. The van der Waals surface area contributed by atoms with E-state index in [1.807, 2.05) is 23.6 Å². The maximum Gasteiger partial charge on any atom is 0.341 e. The van der Waals surface area contributed by atoms with Crippen LogP contribution >= 0.6 is 11.3 Å². The van der Waals surface area contributed by atoms with E-state index in [1.54, 1.807) is 12.1 Å². The van der Waals surface area contributed by atoms with Crippen molar-refractivity contribution < 1.29 is 28.7 Å². The van der Waals surface area contributed by atoms with Crippen LogP contribution in [0.2, 0.25) is 0 Å². The van der Waals surface area contributed by atoms with Gasteiger partial charge < -0.3 is 19.9 Å². The number of amides is 1. The Morgan fingerprint density at radius 2 is 1.94 bits per heavy atom. The molecule has 11 nitrogen and oxygen atoms in total. The van der Waals surface area contributed by atoms with Gasteiger partial charge in [-0.3, -0.25) is 14.9 Å². The molecule has 0 saturated heterocycles. The molecule has 2 heterocycles. The Morgan fingerprint density at radius 3 is 2.61 bits per heavy atom. The summed E-state index contributed by atoms with van der Waals surface area (Å²) in [7, 11) is 3.05. The first-order valence-electron chi connectivity index (χ1n) is 10.7. The zero-order chi connectivity index (χ0) is 25.8. The number of hydrogen-bond donors (Lipinski definition) is 1. The van der Waals surface area contributed by atoms with Crippen LogP contribution in [0.4, 0.5) is 11.4 Å². The smallest absolute Gasteiger partial charge is 0.341 e. The topological polar surface area (TPSA) is 147 Å². The molecular formula is C24H22N4O7S. The van der Waals surface area contributed by atoms with Gasteiger partial charge in [0.2, 0.25) is 0 Å². The summed E-state index contributed by atoms with van der Waals surface area (Å²) in [4.78, 5) is 37.0. The first kappa shape index (κ1) is 24.7. The Kier molecular flexibility index (Phi) is 7.15. The SMILES string of the molecule is COc1ccc([C@H]2CC(c3cccs3)=NN2C(=O)COC(=O)c2cc([N+](=O)[O-])ccc2N)cc1OC. The molecule has 2 N–H and O–H groups in total. The third-order valence-electron chi connectivity index (χ3n) is 5.56. The van der Waals surface area contributed by atoms with Crippen LogP contribution in [0.5, 0.6) is 11.5 Å². The van der Waals surface area contributed by atoms with Crippen LogP contribution in [0.3, 0.4) is 0 Å². The van der Waals surface area contributed by atoms with E-state index in [4.69, 9.17) is 19.9 Å². The summed E-state index contributed by atoms with van der Waals surface area (Å²) < 4.78 is 15.9. The molecule has 0 radical (unpaired) electrons. The summed E-state index contributed by atoms with van der Waals surface area (Å²) in [5, 5.41) is 18.8. The molecular weight excluding hydrogens is 488 g/mol. The molecule has 0 unspecified atom stereocenters. The molecule has 1 aliphatic heterocycles. The van der Waals surface area contributed by atoms with Gasteiger partial charge in [0.25, 0.3) is 11.6 Å². The predicted octanol–water partition coefficient (Wildman–Crippen LogP) is 3.79. The average Bonchev–Trinajstić information content (AvgIpc) is 3.57. The number of methoxy groups -OCH3 is 2. The standard InChI is InChI=1S/C24H22N4O7S/c1-33-20-8-5-14(10-21(20)34-2)19-12-18(22-4-3-9-36-22)26-27(19)23(29)13-35-24(30)16-11-15(28(31)32)6-7-17(16)25/h3-11,19H,12-13,25H2,1-2H3/t19-/m1/s1. The van der Waals surface area contributed by atoms with Gasteiger partial charge in [-0.05, 0) is 35.2 Å². The molecule has 12 heteroatoms. The minimum atomic E-state index is -0.950. The third-order valence-corrected chi connectivity index (χ3v) is 6.48. The molecule has 1 aliphatic rings. The van der Waals surface area contributed by atoms with Crippen molar-refractivity contribution in [1.29, 1.82) is 0 Å². The summed E-state index contributed by atoms with van der Waals surface area (Å²) >= 11 is 1.50. The molecule has 1 aromatic heterocycles. The second-order valence-electron chi connectivity index (χ2n) is 7.70. The van der Waals surface area contributed by atoms with E-state index in [0.717, 1.165) is 16.5 Å². The molecule has 1 amide bonds. The zero-order valence-electron chi connectivity index (χ0n) is 19.4. The van der Waals surface area contributed by atoms with Gasteiger partial charge >= 0.3 is 5.97 Å². The number of benzene rings is 2. The second-order valence-corrected chi connectivity index (χ2v) is 8.65. The number of non-ortho nitro benzene ring substituents is 1. The van der Waals surface area contributed by atoms with Crippen molar-refractivity contribution in [2.75, 3.05) is 26.6 Å². The maximum absolute atomic E-state index is 13.2. The lowest BCUT2D eigenvalue weighted by Crippen LogP contribution is -2.31. The van der Waals surface area contributed by atoms with E-state index in [1.165, 1.54) is 42.7 Å². The number of nitro groups is 1. The third kappa shape index (κ3) is 4.98. The van der Waals surface area contributed by atoms with Crippen LogP contribution in [-0.4, -0.2) is 48.3 Å². The molecule has 0 bridgehead atoms. The molecule has 3 aromatic rings. The Balaban J connectivity index is 1.57. The van der Waals surface area contributed by atoms with E-state index in [9.17, 15) is 19.7 Å². The van der Waals surface area contributed by atoms with Crippen LogP contribution in [-0.2, 0) is 9.53 Å². The predicted molar refractivity (Wildman–Crippen MR) is 132 cm³/mol. The Bertz CT molecular complexity index is 1340. The number of hydrogen-bond acceptors (Lipinski definition) is 10. The highest BCUT2D eigenvalue weighted by Crippen LogP contribution is 2.38. The first-order valence-corrected chi connectivity index (χ1v) is 11.6. The van der Waals surface area contributed by atoms with E-state index < -0.39 is 29.4 Å². The van der Waals surface area contributed by atoms with Gasteiger partial charge in [-0.1, -0.05) is 12.1 Å². The van der Waals surface area contributed by atoms with Crippen LogP contribution in [0, 0.1) is 10.1 Å². The lowest BCUT2D eigenvalue weighted by Gasteiger charge is -2.23. The molecule has 2 aromatic carbocycles. The number of nitrogen functional groups attached to an aromatic ring is 1. The van der Waals surface area contributed by atoms with E-state index in [2.05, 4.69) is 5.10 Å². The van der Waals surface area contributed by atoms with Crippen molar-refractivity contribution in [3.63, 3.8) is 0 Å². The number of anilines is 1. The van der Waals surface area contributed by atoms with Crippen LogP contribution in [0.15, 0.2) is 59.0 Å². The number of ether oxygens (including phenoxy) is 3. The minimum absolute atomic E-state index is 0.000397. The van der Waals surface area contributed by atoms with Crippen molar-refractivity contribution in [2.24, 2.45) is 5.10 Å². The summed E-state index contributed by atoms with van der Waals surface area (Å²) in [6.07, 6.45) is 0.438. The van der Waals surface area contributed by atoms with Crippen molar-refractivity contribution in [3.8, 4) is 11.5 Å². The number of rotatable bonds is 8. The van der Waals surface area contributed by atoms with Crippen LogP contribution < -0.4 is 15.2 Å². The number of hydrazone groups is 1. The van der Waals surface area contributed by atoms with Crippen LogP contribution in [0.25, 0.3) is 0 Å². The highest BCUT2D eigenvalue weighted by molar-refractivity contribution is 7.12. The van der Waals surface area contributed by atoms with Crippen molar-refractivity contribution >= 4 is 40.3 Å². The van der Waals surface area contributed by atoms with Crippen molar-refractivity contribution in [3.05, 3.63) is 80.0 Å². The number of nitrogens with zero attached hydrogens (tertiary/aromatic N) is 3. The lowest BCUT2D eigenvalue weighted by molar-refractivity contribution is -0.384. The number of nitrogens with two attached hydrogens (primary N) is 1. The number of nitro benzene ring substituents is 1. The fraction of sp³-hybridized carbons (Fsp3) is 0.208. The molecule has 186 valence electrons. The Labute approximate surface area is 209 Å². The second kappa shape index (κ2) is 10.4. The molecule has 0 fully saturated rings. The molecule has 0 saturated carbocycles. The van der Waals surface area contributed by atoms with Crippen molar-refractivity contribution in [2.45, 2.75) is 12.5 Å². The van der Waals surface area contributed by atoms with Gasteiger partial charge in [-0.2, -0.15) is 5.10 Å². The van der Waals surface area contributed by atoms with Gasteiger partial charge in [0.15, 0.2) is 18.1 Å². The molecule has 1 atom stereocenters. The number of carbonyl (C=O) groups is 2. The van der Waals surface area contributed by atoms with E-state index >= 15 is 0 Å². The van der Waals surface area contributed by atoms with Crippen molar-refractivity contribution in [1.82, 2.24) is 5.01 Å². The molecule has 36 heavy (non-hydrogen) atoms. The quantitative estimate of drug-likeness (QED) is 0.208. The van der Waals surface area contributed by atoms with E-state index in [0.29, 0.717) is 23.6 Å². The molecule has 0 aliphatic carbocycles. The molecule has 4 rings (SSSR count). The summed E-state index contributed by atoms with van der Waals surface area (Å²) in [5.74, 6) is -0.480. The largest absolute Gasteiger partial charge is 0.493 e. The number of esters is 1. The Morgan fingerprint density at radius 1 is 1.17 bits per heavy atom. The Hall–Kier alpha value is -4.45. The van der Waals surface area contributed by atoms with Gasteiger partial charge in [0.1, 0.15) is 0 Å². The first-order chi connectivity index (χ1) is 17.3. The fourth-order valence-corrected chi connectivity index (χ4v) is 4.48. The number of thiophene rings is 1.